The van der Waals surface area contributed by atoms with Crippen LogP contribution in [-0.4, -0.2) is 28.5 Å². The highest BCUT2D eigenvalue weighted by Crippen LogP contribution is 2.27. The molecule has 0 spiro atoms. The first-order valence-corrected chi connectivity index (χ1v) is 6.60. The van der Waals surface area contributed by atoms with Gasteiger partial charge in [-0.3, -0.25) is 5.32 Å². The van der Waals surface area contributed by atoms with Crippen molar-refractivity contribution in [2.45, 2.75) is 32.5 Å². The third-order valence-corrected chi connectivity index (χ3v) is 2.88. The molecule has 6 heteroatoms. The molecular formula is C13H18BrNO4. The molecule has 19 heavy (non-hydrogen) atoms. The fourth-order valence-electron chi connectivity index (χ4n) is 1.36. The van der Waals surface area contributed by atoms with Crippen molar-refractivity contribution in [3.63, 3.8) is 0 Å². The molecular weight excluding hydrogens is 314 g/mol. The van der Waals surface area contributed by atoms with Crippen LogP contribution in [0.4, 0.5) is 10.5 Å². The van der Waals surface area contributed by atoms with Crippen LogP contribution in [0.25, 0.3) is 0 Å². The smallest absolute Gasteiger partial charge is 0.412 e. The quantitative estimate of drug-likeness (QED) is 0.795. The van der Waals surface area contributed by atoms with E-state index in [1.165, 1.54) is 0 Å². The molecule has 0 bridgehead atoms. The zero-order chi connectivity index (χ0) is 14.6. The number of benzene rings is 1. The van der Waals surface area contributed by atoms with E-state index in [4.69, 9.17) is 9.84 Å². The number of anilines is 1. The van der Waals surface area contributed by atoms with Crippen LogP contribution >= 0.6 is 15.9 Å². The summed E-state index contributed by atoms with van der Waals surface area (Å²) in [6, 6.07) is 4.92. The van der Waals surface area contributed by atoms with Gasteiger partial charge in [0, 0.05) is 4.47 Å². The van der Waals surface area contributed by atoms with E-state index in [0.29, 0.717) is 15.7 Å². The molecule has 3 N–H and O–H groups in total. The number of rotatable bonds is 3. The third kappa shape index (κ3) is 5.18. The van der Waals surface area contributed by atoms with Crippen LogP contribution in [0.3, 0.4) is 0 Å². The first-order chi connectivity index (χ1) is 8.73. The number of carbonyl (C=O) groups excluding carboxylic acids is 1. The standard InChI is InChI=1S/C13H18BrNO4/c1-13(2,3)19-12(18)15-10-6-8(11(17)7-16)4-5-9(10)14/h4-6,11,16-17H,7H2,1-3H3,(H,15,18). The molecule has 0 saturated heterocycles. The van der Waals surface area contributed by atoms with E-state index in [2.05, 4.69) is 21.2 Å². The van der Waals surface area contributed by atoms with E-state index in [-0.39, 0.29) is 6.61 Å². The first-order valence-electron chi connectivity index (χ1n) is 5.81. The van der Waals surface area contributed by atoms with Crippen LogP contribution in [0.2, 0.25) is 0 Å². The summed E-state index contributed by atoms with van der Waals surface area (Å²) >= 11 is 3.30. The van der Waals surface area contributed by atoms with E-state index < -0.39 is 17.8 Å². The summed E-state index contributed by atoms with van der Waals surface area (Å²) < 4.78 is 5.80. The summed E-state index contributed by atoms with van der Waals surface area (Å²) in [4.78, 5) is 11.7. The molecule has 0 radical (unpaired) electrons. The van der Waals surface area contributed by atoms with Crippen molar-refractivity contribution >= 4 is 27.7 Å². The molecule has 1 aromatic rings. The highest BCUT2D eigenvalue weighted by Gasteiger charge is 2.17. The van der Waals surface area contributed by atoms with Gasteiger partial charge in [-0.25, -0.2) is 4.79 Å². The van der Waals surface area contributed by atoms with E-state index in [1.54, 1.807) is 39.0 Å². The predicted octanol–water partition coefficient (Wildman–Crippen LogP) is 2.82. The molecule has 0 aliphatic carbocycles. The van der Waals surface area contributed by atoms with Crippen molar-refractivity contribution in [3.8, 4) is 0 Å². The third-order valence-electron chi connectivity index (χ3n) is 2.18. The predicted molar refractivity (Wildman–Crippen MR) is 76.0 cm³/mol. The van der Waals surface area contributed by atoms with Crippen LogP contribution in [0.5, 0.6) is 0 Å². The maximum atomic E-state index is 11.7. The minimum atomic E-state index is -0.979. The largest absolute Gasteiger partial charge is 0.444 e. The molecule has 1 amide bonds. The fraction of sp³-hybridized carbons (Fsp3) is 0.462. The molecule has 1 aromatic carbocycles. The highest BCUT2D eigenvalue weighted by atomic mass is 79.9. The maximum Gasteiger partial charge on any atom is 0.412 e. The van der Waals surface area contributed by atoms with Gasteiger partial charge < -0.3 is 14.9 Å². The van der Waals surface area contributed by atoms with Gasteiger partial charge in [-0.05, 0) is 54.4 Å². The summed E-state index contributed by atoms with van der Waals surface area (Å²) in [6.45, 7) is 4.93. The zero-order valence-corrected chi connectivity index (χ0v) is 12.7. The second kappa shape index (κ2) is 6.36. The fourth-order valence-corrected chi connectivity index (χ4v) is 1.71. The Kier molecular flexibility index (Phi) is 5.34. The van der Waals surface area contributed by atoms with Gasteiger partial charge in [0.2, 0.25) is 0 Å². The number of nitrogens with one attached hydrogen (secondary N) is 1. The van der Waals surface area contributed by atoms with E-state index in [0.717, 1.165) is 0 Å². The van der Waals surface area contributed by atoms with Gasteiger partial charge in [0.1, 0.15) is 11.7 Å². The number of hydrogen-bond acceptors (Lipinski definition) is 4. The maximum absolute atomic E-state index is 11.7. The van der Waals surface area contributed by atoms with Crippen LogP contribution in [0.1, 0.15) is 32.4 Å². The Bertz CT molecular complexity index is 456. The Morgan fingerprint density at radius 2 is 2.11 bits per heavy atom. The van der Waals surface area contributed by atoms with E-state index in [9.17, 15) is 9.90 Å². The number of hydrogen-bond donors (Lipinski definition) is 3. The molecule has 0 fully saturated rings. The van der Waals surface area contributed by atoms with Gasteiger partial charge in [0.05, 0.1) is 12.3 Å². The molecule has 0 aliphatic heterocycles. The Hall–Kier alpha value is -1.11. The van der Waals surface area contributed by atoms with Gasteiger partial charge >= 0.3 is 6.09 Å². The van der Waals surface area contributed by atoms with Crippen molar-refractivity contribution in [1.29, 1.82) is 0 Å². The molecule has 1 atom stereocenters. The molecule has 1 unspecified atom stereocenters. The lowest BCUT2D eigenvalue weighted by Gasteiger charge is -2.20. The van der Waals surface area contributed by atoms with Crippen molar-refractivity contribution < 1.29 is 19.7 Å². The Morgan fingerprint density at radius 1 is 1.47 bits per heavy atom. The number of carbonyl (C=O) groups is 1. The molecule has 0 aromatic heterocycles. The molecule has 0 aliphatic rings. The lowest BCUT2D eigenvalue weighted by Crippen LogP contribution is -2.27. The zero-order valence-electron chi connectivity index (χ0n) is 11.1. The van der Waals surface area contributed by atoms with Crippen LogP contribution in [0, 0.1) is 0 Å². The van der Waals surface area contributed by atoms with Gasteiger partial charge in [-0.2, -0.15) is 0 Å². The second-order valence-electron chi connectivity index (χ2n) is 5.06. The van der Waals surface area contributed by atoms with Crippen LogP contribution < -0.4 is 5.32 Å². The number of aliphatic hydroxyl groups excluding tert-OH is 2. The van der Waals surface area contributed by atoms with E-state index in [1.807, 2.05) is 0 Å². The SMILES string of the molecule is CC(C)(C)OC(=O)Nc1cc(C(O)CO)ccc1Br. The second-order valence-corrected chi connectivity index (χ2v) is 5.92. The van der Waals surface area contributed by atoms with Crippen molar-refractivity contribution in [3.05, 3.63) is 28.2 Å². The number of ether oxygens (including phenoxy) is 1. The van der Waals surface area contributed by atoms with Gasteiger partial charge in [0.15, 0.2) is 0 Å². The molecule has 5 nitrogen and oxygen atoms in total. The van der Waals surface area contributed by atoms with Crippen molar-refractivity contribution in [1.82, 2.24) is 0 Å². The summed E-state index contributed by atoms with van der Waals surface area (Å²) in [7, 11) is 0. The van der Waals surface area contributed by atoms with Crippen molar-refractivity contribution in [2.75, 3.05) is 11.9 Å². The summed E-state index contributed by atoms with van der Waals surface area (Å²) in [5.41, 5.74) is 0.398. The topological polar surface area (TPSA) is 78.8 Å². The minimum Gasteiger partial charge on any atom is -0.444 e. The Labute approximate surface area is 120 Å². The average molecular weight is 332 g/mol. The van der Waals surface area contributed by atoms with Gasteiger partial charge in [-0.15, -0.1) is 0 Å². The van der Waals surface area contributed by atoms with Gasteiger partial charge in [-0.1, -0.05) is 6.07 Å². The monoisotopic (exact) mass is 331 g/mol. The molecule has 0 heterocycles. The average Bonchev–Trinajstić information content (AvgIpc) is 2.28. The minimum absolute atomic E-state index is 0.381. The normalized spacial score (nSPS) is 12.9. The first kappa shape index (κ1) is 15.9. The summed E-state index contributed by atoms with van der Waals surface area (Å²) in [6.07, 6.45) is -1.56. The molecule has 1 rings (SSSR count). The van der Waals surface area contributed by atoms with Crippen molar-refractivity contribution in [2.24, 2.45) is 0 Å². The molecule has 106 valence electrons. The Morgan fingerprint density at radius 3 is 2.63 bits per heavy atom. The molecule has 0 saturated carbocycles. The Balaban J connectivity index is 2.85. The summed E-state index contributed by atoms with van der Waals surface area (Å²) in [5, 5.41) is 21.1. The van der Waals surface area contributed by atoms with Crippen LogP contribution in [0.15, 0.2) is 22.7 Å². The van der Waals surface area contributed by atoms with E-state index >= 15 is 0 Å². The highest BCUT2D eigenvalue weighted by molar-refractivity contribution is 9.10. The number of aliphatic hydroxyl groups is 2. The number of halogens is 1. The summed E-state index contributed by atoms with van der Waals surface area (Å²) in [5.74, 6) is 0. The van der Waals surface area contributed by atoms with Crippen LogP contribution in [-0.2, 0) is 4.74 Å². The van der Waals surface area contributed by atoms with Gasteiger partial charge in [0.25, 0.3) is 0 Å². The lowest BCUT2D eigenvalue weighted by molar-refractivity contribution is 0.0635. The lowest BCUT2D eigenvalue weighted by atomic mass is 10.1. The number of amides is 1.